The summed E-state index contributed by atoms with van der Waals surface area (Å²) < 4.78 is 0. The number of rotatable bonds is 3. The normalized spacial score (nSPS) is 10.6. The topological polar surface area (TPSA) is 70.2 Å². The van der Waals surface area contributed by atoms with E-state index < -0.39 is 11.5 Å². The number of halogens is 3. The van der Waals surface area contributed by atoms with Gasteiger partial charge in [0.15, 0.2) is 0 Å². The van der Waals surface area contributed by atoms with Gasteiger partial charge in [-0.3, -0.25) is 9.59 Å². The van der Waals surface area contributed by atoms with Crippen LogP contribution in [0.15, 0.2) is 29.1 Å². The Balaban J connectivity index is 2.55. The molecule has 0 aliphatic carbocycles. The van der Waals surface area contributed by atoms with Crippen molar-refractivity contribution < 1.29 is 9.90 Å². The van der Waals surface area contributed by atoms with Gasteiger partial charge in [-0.15, -0.1) is 0 Å². The zero-order valence-electron chi connectivity index (χ0n) is 9.91. The molecule has 0 saturated carbocycles. The van der Waals surface area contributed by atoms with Crippen LogP contribution < -0.4 is 5.56 Å². The van der Waals surface area contributed by atoms with Crippen LogP contribution in [0.1, 0.15) is 5.69 Å². The molecule has 0 atom stereocenters. The first-order valence-electron chi connectivity index (χ1n) is 5.47. The number of benzene rings is 1. The number of carboxylic acids is 1. The first-order valence-corrected chi connectivity index (χ1v) is 6.61. The summed E-state index contributed by atoms with van der Waals surface area (Å²) in [4.78, 5) is 25.1. The highest BCUT2D eigenvalue weighted by molar-refractivity contribution is 6.41. The quantitative estimate of drug-likeness (QED) is 0.901. The Kier molecular flexibility index (Phi) is 4.38. The number of carbonyl (C=O) groups is 1. The van der Waals surface area contributed by atoms with Crippen LogP contribution in [0.3, 0.4) is 0 Å². The van der Waals surface area contributed by atoms with Crippen LogP contribution in [0.5, 0.6) is 0 Å². The average Bonchev–Trinajstić information content (AvgIpc) is 2.29. The van der Waals surface area contributed by atoms with Crippen molar-refractivity contribution in [1.82, 2.24) is 4.98 Å². The van der Waals surface area contributed by atoms with Gasteiger partial charge < -0.3 is 10.1 Å². The van der Waals surface area contributed by atoms with Crippen LogP contribution in [0.4, 0.5) is 0 Å². The van der Waals surface area contributed by atoms with Gasteiger partial charge in [0.05, 0.1) is 16.5 Å². The van der Waals surface area contributed by atoms with Crippen LogP contribution in [-0.2, 0) is 11.2 Å². The lowest BCUT2D eigenvalue weighted by Gasteiger charge is -2.08. The Morgan fingerprint density at radius 1 is 1.15 bits per heavy atom. The second-order valence-corrected chi connectivity index (χ2v) is 5.29. The molecule has 4 nitrogen and oxygen atoms in total. The van der Waals surface area contributed by atoms with Crippen LogP contribution in [0.2, 0.25) is 15.1 Å². The minimum atomic E-state index is -1.03. The molecule has 2 N–H and O–H groups in total. The molecule has 0 aliphatic heterocycles. The molecule has 1 aromatic heterocycles. The zero-order valence-corrected chi connectivity index (χ0v) is 12.2. The first kappa shape index (κ1) is 14.9. The minimum Gasteiger partial charge on any atom is -0.481 e. The lowest BCUT2D eigenvalue weighted by Crippen LogP contribution is -2.14. The molecule has 0 fully saturated rings. The standard InChI is InChI=1S/C13H8Cl3NO3/c14-6-3-9(15)12(10(16)4-6)8-2-1-7(5-11(18)19)17-13(8)20/h1-4H,5H2,(H,17,20)(H,18,19). The summed E-state index contributed by atoms with van der Waals surface area (Å²) >= 11 is 17.9. The number of hydrogen-bond donors (Lipinski definition) is 2. The Bertz CT molecular complexity index is 717. The Morgan fingerprint density at radius 2 is 1.75 bits per heavy atom. The Hall–Kier alpha value is -1.49. The van der Waals surface area contributed by atoms with Gasteiger partial charge in [0, 0.05) is 21.8 Å². The van der Waals surface area contributed by atoms with Gasteiger partial charge >= 0.3 is 5.97 Å². The van der Waals surface area contributed by atoms with E-state index in [2.05, 4.69) is 4.98 Å². The number of aliphatic carboxylic acids is 1. The second-order valence-electron chi connectivity index (χ2n) is 4.04. The summed E-state index contributed by atoms with van der Waals surface area (Å²) in [5.41, 5.74) is 0.453. The largest absolute Gasteiger partial charge is 0.481 e. The van der Waals surface area contributed by atoms with Crippen LogP contribution >= 0.6 is 34.8 Å². The zero-order chi connectivity index (χ0) is 14.9. The average molecular weight is 333 g/mol. The van der Waals surface area contributed by atoms with Gasteiger partial charge in [-0.25, -0.2) is 0 Å². The lowest BCUT2D eigenvalue weighted by atomic mass is 10.1. The van der Waals surface area contributed by atoms with Crippen LogP contribution in [0.25, 0.3) is 11.1 Å². The summed E-state index contributed by atoms with van der Waals surface area (Å²) in [6.07, 6.45) is -0.266. The van der Waals surface area contributed by atoms with Crippen LogP contribution in [-0.4, -0.2) is 16.1 Å². The molecule has 1 heterocycles. The van der Waals surface area contributed by atoms with Gasteiger partial charge in [-0.1, -0.05) is 34.8 Å². The van der Waals surface area contributed by atoms with Gasteiger partial charge in [-0.05, 0) is 24.3 Å². The van der Waals surface area contributed by atoms with Gasteiger partial charge in [-0.2, -0.15) is 0 Å². The van der Waals surface area contributed by atoms with Gasteiger partial charge in [0.25, 0.3) is 5.56 Å². The van der Waals surface area contributed by atoms with E-state index in [4.69, 9.17) is 39.9 Å². The molecule has 0 bridgehead atoms. The van der Waals surface area contributed by atoms with E-state index in [9.17, 15) is 9.59 Å². The maximum Gasteiger partial charge on any atom is 0.309 e. The molecule has 7 heteroatoms. The summed E-state index contributed by atoms with van der Waals surface area (Å²) in [6.45, 7) is 0. The summed E-state index contributed by atoms with van der Waals surface area (Å²) in [5.74, 6) is -1.03. The summed E-state index contributed by atoms with van der Waals surface area (Å²) in [7, 11) is 0. The second kappa shape index (κ2) is 5.87. The maximum absolute atomic E-state index is 12.0. The molecule has 2 aromatic rings. The molecule has 0 aliphatic rings. The van der Waals surface area contributed by atoms with Crippen molar-refractivity contribution >= 4 is 40.8 Å². The van der Waals surface area contributed by atoms with E-state index in [0.29, 0.717) is 16.3 Å². The molecular formula is C13H8Cl3NO3. The van der Waals surface area contributed by atoms with E-state index in [1.54, 1.807) is 0 Å². The van der Waals surface area contributed by atoms with Crippen molar-refractivity contribution in [2.75, 3.05) is 0 Å². The van der Waals surface area contributed by atoms with E-state index in [0.717, 1.165) is 0 Å². The molecule has 104 valence electrons. The molecule has 0 saturated heterocycles. The highest BCUT2D eigenvalue weighted by atomic mass is 35.5. The van der Waals surface area contributed by atoms with Gasteiger partial charge in [0.1, 0.15) is 0 Å². The van der Waals surface area contributed by atoms with Crippen LogP contribution in [0, 0.1) is 0 Å². The maximum atomic E-state index is 12.0. The Labute approximate surface area is 128 Å². The third-order valence-electron chi connectivity index (χ3n) is 2.59. The first-order chi connectivity index (χ1) is 9.38. The molecule has 0 amide bonds. The number of carboxylic acid groups (broad SMARTS) is 1. The van der Waals surface area contributed by atoms with Crippen molar-refractivity contribution in [3.63, 3.8) is 0 Å². The lowest BCUT2D eigenvalue weighted by molar-refractivity contribution is -0.136. The smallest absolute Gasteiger partial charge is 0.309 e. The number of pyridine rings is 1. The molecule has 2 rings (SSSR count). The van der Waals surface area contributed by atoms with Crippen molar-refractivity contribution in [2.45, 2.75) is 6.42 Å². The summed E-state index contributed by atoms with van der Waals surface area (Å²) in [5, 5.41) is 9.55. The fourth-order valence-electron chi connectivity index (χ4n) is 1.78. The van der Waals surface area contributed by atoms with E-state index in [-0.39, 0.29) is 22.0 Å². The van der Waals surface area contributed by atoms with Crippen molar-refractivity contribution in [2.24, 2.45) is 0 Å². The molecule has 20 heavy (non-hydrogen) atoms. The third kappa shape index (κ3) is 3.15. The van der Waals surface area contributed by atoms with Gasteiger partial charge in [0.2, 0.25) is 0 Å². The molecular weight excluding hydrogens is 325 g/mol. The van der Waals surface area contributed by atoms with E-state index >= 15 is 0 Å². The number of nitrogens with one attached hydrogen (secondary N) is 1. The van der Waals surface area contributed by atoms with Crippen molar-refractivity contribution in [3.8, 4) is 11.1 Å². The number of H-pyrrole nitrogens is 1. The van der Waals surface area contributed by atoms with E-state index in [1.807, 2.05) is 0 Å². The summed E-state index contributed by atoms with van der Waals surface area (Å²) in [6, 6.07) is 5.95. The van der Waals surface area contributed by atoms with Crippen molar-refractivity contribution in [1.29, 1.82) is 0 Å². The fraction of sp³-hybridized carbons (Fsp3) is 0.0769. The third-order valence-corrected chi connectivity index (χ3v) is 3.40. The highest BCUT2D eigenvalue weighted by Crippen LogP contribution is 2.35. The molecule has 0 spiro atoms. The molecule has 0 radical (unpaired) electrons. The minimum absolute atomic E-state index is 0.249. The predicted octanol–water partition coefficient (Wildman–Crippen LogP) is 3.63. The number of hydrogen-bond acceptors (Lipinski definition) is 2. The number of aromatic nitrogens is 1. The Morgan fingerprint density at radius 3 is 2.25 bits per heavy atom. The number of aromatic amines is 1. The fourth-order valence-corrected chi connectivity index (χ4v) is 2.80. The monoisotopic (exact) mass is 331 g/mol. The van der Waals surface area contributed by atoms with E-state index in [1.165, 1.54) is 24.3 Å². The molecule has 0 unspecified atom stereocenters. The highest BCUT2D eigenvalue weighted by Gasteiger charge is 2.14. The predicted molar refractivity (Wildman–Crippen MR) is 78.9 cm³/mol. The SMILES string of the molecule is O=C(O)Cc1ccc(-c2c(Cl)cc(Cl)cc2Cl)c(=O)[nH]1. The molecule has 1 aromatic carbocycles. The van der Waals surface area contributed by atoms with Crippen molar-refractivity contribution in [3.05, 3.63) is 55.4 Å².